The number of benzene rings is 1. The van der Waals surface area contributed by atoms with Gasteiger partial charge in [0.15, 0.2) is 6.29 Å². The predicted molar refractivity (Wildman–Crippen MR) is 59.6 cm³/mol. The highest BCUT2D eigenvalue weighted by Crippen LogP contribution is 2.30. The summed E-state index contributed by atoms with van der Waals surface area (Å²) in [5, 5.41) is 0. The molecule has 0 radical (unpaired) electrons. The van der Waals surface area contributed by atoms with Crippen molar-refractivity contribution in [3.63, 3.8) is 0 Å². The Hall–Kier alpha value is -0.860. The van der Waals surface area contributed by atoms with Crippen molar-refractivity contribution in [1.29, 1.82) is 0 Å². The molecular weight excluding hydrogens is 188 g/mol. The Morgan fingerprint density at radius 2 is 1.73 bits per heavy atom. The van der Waals surface area contributed by atoms with E-state index < -0.39 is 0 Å². The first-order valence-corrected chi connectivity index (χ1v) is 5.52. The van der Waals surface area contributed by atoms with E-state index in [4.69, 9.17) is 9.47 Å². The van der Waals surface area contributed by atoms with Gasteiger partial charge in [-0.05, 0) is 26.3 Å². The summed E-state index contributed by atoms with van der Waals surface area (Å²) in [6, 6.07) is 8.54. The highest BCUT2D eigenvalue weighted by molar-refractivity contribution is 5.23. The van der Waals surface area contributed by atoms with Crippen LogP contribution in [-0.4, -0.2) is 12.4 Å². The Balaban J connectivity index is 2.12. The molecule has 0 unspecified atom stereocenters. The van der Waals surface area contributed by atoms with Crippen LogP contribution in [0.2, 0.25) is 0 Å². The number of ether oxygens (including phenoxy) is 2. The molecule has 0 N–H and O–H groups in total. The molecule has 0 bridgehead atoms. The lowest BCUT2D eigenvalue weighted by Gasteiger charge is -2.32. The van der Waals surface area contributed by atoms with E-state index in [2.05, 4.69) is 38.1 Å². The van der Waals surface area contributed by atoms with E-state index >= 15 is 0 Å². The van der Waals surface area contributed by atoms with Crippen molar-refractivity contribution in [1.82, 2.24) is 0 Å². The Bertz CT molecular complexity index is 308. The number of hydrogen-bond donors (Lipinski definition) is 0. The van der Waals surface area contributed by atoms with E-state index in [0.29, 0.717) is 0 Å². The van der Waals surface area contributed by atoms with Crippen molar-refractivity contribution in [3.8, 4) is 0 Å². The van der Waals surface area contributed by atoms with Gasteiger partial charge in [0.25, 0.3) is 0 Å². The van der Waals surface area contributed by atoms with E-state index in [1.54, 1.807) is 0 Å². The van der Waals surface area contributed by atoms with Gasteiger partial charge in [-0.2, -0.15) is 0 Å². The van der Waals surface area contributed by atoms with Gasteiger partial charge in [0, 0.05) is 6.42 Å². The number of aryl methyl sites for hydroxylation is 1. The van der Waals surface area contributed by atoms with Crippen molar-refractivity contribution in [2.24, 2.45) is 0 Å². The van der Waals surface area contributed by atoms with Gasteiger partial charge >= 0.3 is 0 Å². The first-order chi connectivity index (χ1) is 7.15. The lowest BCUT2D eigenvalue weighted by Crippen LogP contribution is -2.30. The van der Waals surface area contributed by atoms with Gasteiger partial charge < -0.3 is 9.47 Å². The lowest BCUT2D eigenvalue weighted by atomic mass is 10.0. The standard InChI is InChI=1S/C13H18O2/c1-9-4-6-12(7-5-9)13-8-10(2)14-11(3)15-13/h4-7,10-11,13H,8H2,1-3H3/t10-,11-,13-/m1/s1. The lowest BCUT2D eigenvalue weighted by molar-refractivity contribution is -0.231. The van der Waals surface area contributed by atoms with Crippen LogP contribution < -0.4 is 0 Å². The molecule has 1 saturated heterocycles. The van der Waals surface area contributed by atoms with Gasteiger partial charge in [-0.3, -0.25) is 0 Å². The van der Waals surface area contributed by atoms with Gasteiger partial charge in [0.1, 0.15) is 0 Å². The maximum Gasteiger partial charge on any atom is 0.155 e. The zero-order valence-electron chi connectivity index (χ0n) is 9.57. The maximum atomic E-state index is 5.76. The van der Waals surface area contributed by atoms with Gasteiger partial charge in [0.05, 0.1) is 12.2 Å². The first-order valence-electron chi connectivity index (χ1n) is 5.52. The Kier molecular flexibility index (Phi) is 3.08. The van der Waals surface area contributed by atoms with Crippen molar-refractivity contribution in [2.45, 2.75) is 45.7 Å². The minimum absolute atomic E-state index is 0.0972. The topological polar surface area (TPSA) is 18.5 Å². The molecule has 0 spiro atoms. The molecule has 1 heterocycles. The Labute approximate surface area is 91.2 Å². The zero-order valence-corrected chi connectivity index (χ0v) is 9.57. The maximum absolute atomic E-state index is 5.76. The molecule has 1 aliphatic rings. The minimum atomic E-state index is -0.0972. The Morgan fingerprint density at radius 3 is 2.33 bits per heavy atom. The van der Waals surface area contributed by atoms with Crippen LogP contribution in [0, 0.1) is 6.92 Å². The summed E-state index contributed by atoms with van der Waals surface area (Å²) in [5.74, 6) is 0. The molecule has 82 valence electrons. The third-order valence-electron chi connectivity index (χ3n) is 2.77. The summed E-state index contributed by atoms with van der Waals surface area (Å²) >= 11 is 0. The molecule has 0 amide bonds. The van der Waals surface area contributed by atoms with Crippen LogP contribution in [0.3, 0.4) is 0 Å². The van der Waals surface area contributed by atoms with Crippen molar-refractivity contribution in [3.05, 3.63) is 35.4 Å². The van der Waals surface area contributed by atoms with Gasteiger partial charge in [-0.25, -0.2) is 0 Å². The molecule has 0 saturated carbocycles. The average Bonchev–Trinajstić information content (AvgIpc) is 2.17. The molecule has 15 heavy (non-hydrogen) atoms. The molecule has 0 aliphatic carbocycles. The molecule has 0 aromatic heterocycles. The highest BCUT2D eigenvalue weighted by atomic mass is 16.7. The first kappa shape index (κ1) is 10.7. The van der Waals surface area contributed by atoms with E-state index in [1.807, 2.05) is 6.92 Å². The van der Waals surface area contributed by atoms with E-state index in [1.165, 1.54) is 11.1 Å². The molecular formula is C13H18O2. The third-order valence-corrected chi connectivity index (χ3v) is 2.77. The Morgan fingerprint density at radius 1 is 1.07 bits per heavy atom. The van der Waals surface area contributed by atoms with Gasteiger partial charge in [-0.15, -0.1) is 0 Å². The van der Waals surface area contributed by atoms with Gasteiger partial charge in [0.2, 0.25) is 0 Å². The highest BCUT2D eigenvalue weighted by Gasteiger charge is 2.25. The monoisotopic (exact) mass is 206 g/mol. The van der Waals surface area contributed by atoms with Gasteiger partial charge in [-0.1, -0.05) is 29.8 Å². The van der Waals surface area contributed by atoms with Crippen LogP contribution in [0.15, 0.2) is 24.3 Å². The molecule has 2 rings (SSSR count). The van der Waals surface area contributed by atoms with Crippen molar-refractivity contribution in [2.75, 3.05) is 0 Å². The second-order valence-electron chi connectivity index (χ2n) is 4.29. The smallest absolute Gasteiger partial charge is 0.155 e. The normalized spacial score (nSPS) is 31.5. The molecule has 2 heteroatoms. The van der Waals surface area contributed by atoms with E-state index in [9.17, 15) is 0 Å². The average molecular weight is 206 g/mol. The second kappa shape index (κ2) is 4.33. The number of rotatable bonds is 1. The second-order valence-corrected chi connectivity index (χ2v) is 4.29. The van der Waals surface area contributed by atoms with Crippen LogP contribution in [0.5, 0.6) is 0 Å². The van der Waals surface area contributed by atoms with Crippen LogP contribution >= 0.6 is 0 Å². The third kappa shape index (κ3) is 2.58. The van der Waals surface area contributed by atoms with Crippen LogP contribution in [0.25, 0.3) is 0 Å². The summed E-state index contributed by atoms with van der Waals surface area (Å²) < 4.78 is 11.3. The fourth-order valence-corrected chi connectivity index (χ4v) is 2.00. The molecule has 2 nitrogen and oxygen atoms in total. The largest absolute Gasteiger partial charge is 0.350 e. The summed E-state index contributed by atoms with van der Waals surface area (Å²) in [4.78, 5) is 0. The van der Waals surface area contributed by atoms with Crippen molar-refractivity contribution >= 4 is 0 Å². The van der Waals surface area contributed by atoms with Crippen LogP contribution in [-0.2, 0) is 9.47 Å². The fourth-order valence-electron chi connectivity index (χ4n) is 2.00. The van der Waals surface area contributed by atoms with Crippen LogP contribution in [0.1, 0.15) is 37.5 Å². The molecule has 1 aromatic carbocycles. The summed E-state index contributed by atoms with van der Waals surface area (Å²) in [5.41, 5.74) is 2.54. The quantitative estimate of drug-likeness (QED) is 0.702. The molecule has 1 aromatic rings. The zero-order chi connectivity index (χ0) is 10.8. The molecule has 3 atom stereocenters. The van der Waals surface area contributed by atoms with Crippen molar-refractivity contribution < 1.29 is 9.47 Å². The minimum Gasteiger partial charge on any atom is -0.350 e. The SMILES string of the molecule is Cc1ccc([C@H]2C[C@@H](C)O[C@@H](C)O2)cc1. The fraction of sp³-hybridized carbons (Fsp3) is 0.538. The summed E-state index contributed by atoms with van der Waals surface area (Å²) in [6.07, 6.45) is 1.30. The molecule has 1 aliphatic heterocycles. The van der Waals surface area contributed by atoms with E-state index in [-0.39, 0.29) is 18.5 Å². The summed E-state index contributed by atoms with van der Waals surface area (Å²) in [7, 11) is 0. The van der Waals surface area contributed by atoms with Crippen LogP contribution in [0.4, 0.5) is 0 Å². The summed E-state index contributed by atoms with van der Waals surface area (Å²) in [6.45, 7) is 6.15. The molecule has 1 fully saturated rings. The predicted octanol–water partition coefficient (Wildman–Crippen LogP) is 3.21. The van der Waals surface area contributed by atoms with E-state index in [0.717, 1.165) is 6.42 Å². The number of hydrogen-bond acceptors (Lipinski definition) is 2.